The fraction of sp³-hybridized carbons (Fsp3) is 0.104. The molecule has 1 heterocycles. The number of anilines is 6. The molecule has 0 bridgehead atoms. The van der Waals surface area contributed by atoms with Gasteiger partial charge in [0.05, 0.1) is 22.4 Å². The van der Waals surface area contributed by atoms with E-state index in [2.05, 4.69) is 263 Å². The van der Waals surface area contributed by atoms with Crippen LogP contribution >= 0.6 is 0 Å². The summed E-state index contributed by atoms with van der Waals surface area (Å²) in [5.41, 5.74) is 21.6. The number of hydrogen-bond donors (Lipinski definition) is 0. The first-order chi connectivity index (χ1) is 34.7. The van der Waals surface area contributed by atoms with Gasteiger partial charge in [-0.1, -0.05) is 170 Å². The number of benzene rings is 10. The molecule has 14 rings (SSSR count). The second kappa shape index (κ2) is 16.4. The van der Waals surface area contributed by atoms with Crippen molar-refractivity contribution < 1.29 is 0 Å². The zero-order chi connectivity index (χ0) is 46.2. The third-order valence-corrected chi connectivity index (χ3v) is 16.1. The number of aromatic nitrogens is 1. The van der Waals surface area contributed by atoms with Crippen LogP contribution in [0.5, 0.6) is 0 Å². The van der Waals surface area contributed by atoms with Gasteiger partial charge >= 0.3 is 0 Å². The van der Waals surface area contributed by atoms with Crippen molar-refractivity contribution in [1.82, 2.24) is 4.57 Å². The van der Waals surface area contributed by atoms with Crippen LogP contribution < -0.4 is 9.80 Å². The summed E-state index contributed by atoms with van der Waals surface area (Å²) < 4.78 is 2.44. The summed E-state index contributed by atoms with van der Waals surface area (Å²) in [7, 11) is 0. The summed E-state index contributed by atoms with van der Waals surface area (Å²) in [6.45, 7) is 0. The molecule has 10 aromatic carbocycles. The van der Waals surface area contributed by atoms with Gasteiger partial charge in [-0.3, -0.25) is 0 Å². The van der Waals surface area contributed by atoms with E-state index in [9.17, 15) is 0 Å². The summed E-state index contributed by atoms with van der Waals surface area (Å²) in [5.74, 6) is 0.992. The van der Waals surface area contributed by atoms with Crippen molar-refractivity contribution in [2.75, 3.05) is 9.80 Å². The van der Waals surface area contributed by atoms with Crippen molar-refractivity contribution in [3.8, 4) is 27.9 Å². The van der Waals surface area contributed by atoms with Crippen molar-refractivity contribution in [3.63, 3.8) is 0 Å². The first-order valence-corrected chi connectivity index (χ1v) is 25.0. The molecule has 3 unspecified atom stereocenters. The van der Waals surface area contributed by atoms with Gasteiger partial charge in [-0.25, -0.2) is 0 Å². The summed E-state index contributed by atoms with van der Waals surface area (Å²) in [5, 5.41) is 2.52. The predicted octanol–water partition coefficient (Wildman–Crippen LogP) is 17.5. The van der Waals surface area contributed by atoms with Gasteiger partial charge in [-0.05, 0) is 161 Å². The lowest BCUT2D eigenvalue weighted by atomic mass is 9.68. The van der Waals surface area contributed by atoms with Gasteiger partial charge in [0.1, 0.15) is 0 Å². The van der Waals surface area contributed by atoms with E-state index in [1.165, 1.54) is 108 Å². The Morgan fingerprint density at radius 3 is 1.34 bits per heavy atom. The molecular weight excluding hydrogens is 847 g/mol. The molecule has 1 spiro atoms. The van der Waals surface area contributed by atoms with Crippen LogP contribution in [0.25, 0.3) is 49.7 Å². The maximum Gasteiger partial charge on any atom is 0.0561 e. The standard InChI is InChI=1S/C67H51N3/c1-5-17-46(18-6-1)47-31-33-48(34-32-47)49-35-39-57(40-36-49)68(54-21-7-2-8-22-54)62-29-15-19-50-43-52-37-38-53-44-51-20-16-30-63(66(51)67(52,53)65(50)62)69(55-23-9-3-10-24-55)58-41-42-60-59-27-13-14-28-61(59)70(64(60)45-58)56-25-11-4-12-26-56/h1-36,39-42,45,52-53H,37-38,43-44H2. The Labute approximate surface area is 410 Å². The molecular formula is C67H51N3. The van der Waals surface area contributed by atoms with Crippen LogP contribution in [0.4, 0.5) is 34.1 Å². The Kier molecular flexibility index (Phi) is 9.52. The van der Waals surface area contributed by atoms with Crippen LogP contribution in [0, 0.1) is 11.8 Å². The van der Waals surface area contributed by atoms with Gasteiger partial charge < -0.3 is 14.4 Å². The maximum absolute atomic E-state index is 2.58. The number of para-hydroxylation sites is 4. The Morgan fingerprint density at radius 1 is 0.343 bits per heavy atom. The monoisotopic (exact) mass is 897 g/mol. The topological polar surface area (TPSA) is 11.4 Å². The Balaban J connectivity index is 0.941. The Bertz CT molecular complexity index is 3700. The van der Waals surface area contributed by atoms with Crippen LogP contribution in [0.3, 0.4) is 0 Å². The van der Waals surface area contributed by atoms with Gasteiger partial charge in [0, 0.05) is 44.6 Å². The van der Waals surface area contributed by atoms with Crippen LogP contribution in [-0.2, 0) is 18.3 Å². The van der Waals surface area contributed by atoms with E-state index in [1.54, 1.807) is 0 Å². The van der Waals surface area contributed by atoms with E-state index in [-0.39, 0.29) is 5.41 Å². The molecule has 334 valence electrons. The molecule has 0 aliphatic heterocycles. The number of nitrogens with zero attached hydrogens (tertiary/aromatic N) is 3. The van der Waals surface area contributed by atoms with Crippen molar-refractivity contribution in [1.29, 1.82) is 0 Å². The number of rotatable bonds is 9. The molecule has 0 amide bonds. The molecule has 3 aliphatic carbocycles. The van der Waals surface area contributed by atoms with Gasteiger partial charge in [-0.15, -0.1) is 0 Å². The van der Waals surface area contributed by atoms with Crippen molar-refractivity contribution >= 4 is 55.9 Å². The van der Waals surface area contributed by atoms with Gasteiger partial charge in [0.2, 0.25) is 0 Å². The molecule has 11 aromatic rings. The maximum atomic E-state index is 2.58. The minimum Gasteiger partial charge on any atom is -0.310 e. The van der Waals surface area contributed by atoms with Crippen LogP contribution in [-0.4, -0.2) is 4.57 Å². The molecule has 1 fully saturated rings. The molecule has 1 aromatic heterocycles. The molecule has 3 aliphatic rings. The van der Waals surface area contributed by atoms with Crippen LogP contribution in [0.1, 0.15) is 35.1 Å². The molecule has 0 saturated heterocycles. The SMILES string of the molecule is c1ccc(-c2ccc(-c3ccc(N(c4ccccc4)c4cccc5c4C46c7c(cccc7N(c7ccccc7)c7ccc8c9ccccc9n(-c9ccccc9)c8c7)CC4CCC6C5)cc3)cc2)cc1. The first kappa shape index (κ1) is 40.6. The molecule has 0 radical (unpaired) electrons. The Morgan fingerprint density at radius 2 is 0.771 bits per heavy atom. The average molecular weight is 898 g/mol. The highest BCUT2D eigenvalue weighted by molar-refractivity contribution is 6.10. The van der Waals surface area contributed by atoms with Crippen molar-refractivity contribution in [2.24, 2.45) is 11.8 Å². The Hall–Kier alpha value is -8.40. The first-order valence-electron chi connectivity index (χ1n) is 25.0. The molecule has 3 heteroatoms. The van der Waals surface area contributed by atoms with Crippen molar-refractivity contribution in [2.45, 2.75) is 31.1 Å². The van der Waals surface area contributed by atoms with Gasteiger partial charge in [-0.2, -0.15) is 0 Å². The zero-order valence-electron chi connectivity index (χ0n) is 39.0. The highest BCUT2D eigenvalue weighted by Gasteiger charge is 2.62. The highest BCUT2D eigenvalue weighted by Crippen LogP contribution is 2.69. The van der Waals surface area contributed by atoms with E-state index in [4.69, 9.17) is 0 Å². The molecule has 1 saturated carbocycles. The fourth-order valence-corrected chi connectivity index (χ4v) is 13.3. The molecule has 3 atom stereocenters. The van der Waals surface area contributed by atoms with E-state index in [0.717, 1.165) is 24.2 Å². The zero-order valence-corrected chi connectivity index (χ0v) is 39.0. The fourth-order valence-electron chi connectivity index (χ4n) is 13.3. The van der Waals surface area contributed by atoms with E-state index in [0.29, 0.717) is 11.8 Å². The molecule has 0 N–H and O–H groups in total. The van der Waals surface area contributed by atoms with E-state index >= 15 is 0 Å². The number of hydrogen-bond acceptors (Lipinski definition) is 2. The second-order valence-electron chi connectivity index (χ2n) is 19.6. The number of fused-ring (bicyclic) bond motifs is 5. The summed E-state index contributed by atoms with van der Waals surface area (Å²) in [6.07, 6.45) is 4.62. The van der Waals surface area contributed by atoms with Crippen molar-refractivity contribution in [3.05, 3.63) is 271 Å². The summed E-state index contributed by atoms with van der Waals surface area (Å²) in [4.78, 5) is 5.14. The van der Waals surface area contributed by atoms with Crippen LogP contribution in [0.15, 0.2) is 249 Å². The minimum atomic E-state index is -0.165. The predicted molar refractivity (Wildman–Crippen MR) is 292 cm³/mol. The van der Waals surface area contributed by atoms with Gasteiger partial charge in [0.25, 0.3) is 0 Å². The highest BCUT2D eigenvalue weighted by atomic mass is 15.2. The molecule has 70 heavy (non-hydrogen) atoms. The van der Waals surface area contributed by atoms with Gasteiger partial charge in [0.15, 0.2) is 0 Å². The lowest BCUT2D eigenvalue weighted by Gasteiger charge is -2.40. The normalized spacial score (nSPS) is 17.5. The quantitative estimate of drug-likeness (QED) is 0.143. The second-order valence-corrected chi connectivity index (χ2v) is 19.6. The van der Waals surface area contributed by atoms with Crippen LogP contribution in [0.2, 0.25) is 0 Å². The average Bonchev–Trinajstić information content (AvgIpc) is 4.16. The largest absolute Gasteiger partial charge is 0.310 e. The third kappa shape index (κ3) is 6.27. The minimum absolute atomic E-state index is 0.165. The lowest BCUT2D eigenvalue weighted by molar-refractivity contribution is 0.350. The van der Waals surface area contributed by atoms with E-state index < -0.39 is 0 Å². The summed E-state index contributed by atoms with van der Waals surface area (Å²) >= 11 is 0. The lowest BCUT2D eigenvalue weighted by Crippen LogP contribution is -2.34. The van der Waals surface area contributed by atoms with E-state index in [1.807, 2.05) is 0 Å². The third-order valence-electron chi connectivity index (χ3n) is 16.1. The molecule has 3 nitrogen and oxygen atoms in total. The smallest absolute Gasteiger partial charge is 0.0561 e. The summed E-state index contributed by atoms with van der Waals surface area (Å²) in [6, 6.07) is 92.3.